The first kappa shape index (κ1) is 36.4. The molecule has 3 aromatic rings. The molecule has 0 saturated carbocycles. The molecular weight excluding hydrogens is 941 g/mol. The van der Waals surface area contributed by atoms with Crippen LogP contribution in [-0.4, -0.2) is 70.1 Å². The SMILES string of the molecule is COC1=C(c2ccc(OC)cc2)C=C(C2=N[C@](C)(C[C@@]3(C)N=C(c4ccc(OC)c(-c5ccc(OC)cc5)c4)O[CH]3[Pd])[CH]([Pd])O2)C(Br)C1Br. The van der Waals surface area contributed by atoms with Gasteiger partial charge in [-0.2, -0.15) is 0 Å². The van der Waals surface area contributed by atoms with Gasteiger partial charge in [-0.25, -0.2) is 0 Å². The molecule has 0 amide bonds. The van der Waals surface area contributed by atoms with Crippen molar-refractivity contribution in [3.8, 4) is 28.4 Å². The molecule has 49 heavy (non-hydrogen) atoms. The van der Waals surface area contributed by atoms with Gasteiger partial charge in [0.25, 0.3) is 0 Å². The molecule has 8 nitrogen and oxygen atoms in total. The summed E-state index contributed by atoms with van der Waals surface area (Å²) in [6.07, 6.45) is 2.63. The van der Waals surface area contributed by atoms with Gasteiger partial charge < -0.3 is 0 Å². The fraction of sp³-hybridized carbons (Fsp3) is 0.351. The summed E-state index contributed by atoms with van der Waals surface area (Å²) in [5.41, 5.74) is 4.33. The zero-order valence-corrected chi connectivity index (χ0v) is 34.0. The van der Waals surface area contributed by atoms with E-state index in [2.05, 4.69) is 90.2 Å². The molecule has 0 aromatic heterocycles. The van der Waals surface area contributed by atoms with E-state index in [1.165, 1.54) is 0 Å². The average Bonchev–Trinajstić information content (AvgIpc) is 3.57. The molecule has 0 bridgehead atoms. The summed E-state index contributed by atoms with van der Waals surface area (Å²) in [6, 6.07) is 21.7. The maximum absolute atomic E-state index is 6.49. The van der Waals surface area contributed by atoms with Crippen LogP contribution >= 0.6 is 31.9 Å². The molecule has 4 unspecified atom stereocenters. The summed E-state index contributed by atoms with van der Waals surface area (Å²) < 4.78 is 34.5. The zero-order valence-electron chi connectivity index (χ0n) is 27.7. The summed E-state index contributed by atoms with van der Waals surface area (Å²) in [5, 5.41) is 0. The van der Waals surface area contributed by atoms with Crippen molar-refractivity contribution in [1.29, 1.82) is 0 Å². The number of rotatable bonds is 10. The molecule has 3 aromatic carbocycles. The van der Waals surface area contributed by atoms with Crippen LogP contribution in [0.25, 0.3) is 16.7 Å². The van der Waals surface area contributed by atoms with Crippen LogP contribution in [0, 0.1) is 0 Å². The van der Waals surface area contributed by atoms with Crippen LogP contribution in [-0.2, 0) is 52.6 Å². The Hall–Kier alpha value is -2.44. The molecule has 6 atom stereocenters. The summed E-state index contributed by atoms with van der Waals surface area (Å²) >= 11 is 14.7. The van der Waals surface area contributed by atoms with Gasteiger partial charge in [-0.05, 0) is 0 Å². The van der Waals surface area contributed by atoms with Crippen LogP contribution in [0.3, 0.4) is 0 Å². The molecule has 6 rings (SSSR count). The second kappa shape index (κ2) is 14.7. The monoisotopic (exact) mass is 974 g/mol. The molecule has 0 fully saturated rings. The van der Waals surface area contributed by atoms with Gasteiger partial charge in [0.05, 0.1) is 0 Å². The second-order valence-electron chi connectivity index (χ2n) is 12.3. The quantitative estimate of drug-likeness (QED) is 0.153. The Labute approximate surface area is 325 Å². The summed E-state index contributed by atoms with van der Waals surface area (Å²) in [4.78, 5) is 10.1. The van der Waals surface area contributed by atoms with Crippen molar-refractivity contribution in [2.24, 2.45) is 9.98 Å². The van der Waals surface area contributed by atoms with Crippen LogP contribution < -0.4 is 14.2 Å². The minimum absolute atomic E-state index is 0.148. The van der Waals surface area contributed by atoms with Gasteiger partial charge in [0.2, 0.25) is 0 Å². The zero-order chi connectivity index (χ0) is 35.1. The number of ether oxygens (including phenoxy) is 6. The minimum atomic E-state index is -0.650. The standard InChI is InChI=1S/C37H36Br2N2O6.2Pd/c1-36(20-46-34(40-36)24-11-16-30(44-5)27(17-24)22-7-12-25(42-3)13-8-22)19-37(2)21-47-35(41-37)29-18-28(33(45-6)32(39)31(29)38)23-9-14-26(43-4)15-10-23;;/h7-18,20-21,31-32H,19H2,1-6H3;;/t31?,32?,36-,37-;;/m1../s1. The predicted molar refractivity (Wildman–Crippen MR) is 191 cm³/mol. The van der Waals surface area contributed by atoms with Crippen molar-refractivity contribution in [3.63, 3.8) is 0 Å². The van der Waals surface area contributed by atoms with Crippen LogP contribution in [0.5, 0.6) is 17.2 Å². The number of benzene rings is 3. The Kier molecular flexibility index (Phi) is 10.9. The molecule has 2 aliphatic heterocycles. The van der Waals surface area contributed by atoms with E-state index in [4.69, 9.17) is 38.4 Å². The Morgan fingerprint density at radius 1 is 0.673 bits per heavy atom. The van der Waals surface area contributed by atoms with Gasteiger partial charge in [0.15, 0.2) is 0 Å². The summed E-state index contributed by atoms with van der Waals surface area (Å²) in [6.45, 7) is 4.17. The molecule has 12 heteroatoms. The van der Waals surface area contributed by atoms with Crippen molar-refractivity contribution < 1.29 is 66.8 Å². The number of hydrogen-bond acceptors (Lipinski definition) is 8. The van der Waals surface area contributed by atoms with E-state index in [0.29, 0.717) is 18.2 Å². The molecular formula is C37H36Br2N2O6Pd2. The topological polar surface area (TPSA) is 80.1 Å². The van der Waals surface area contributed by atoms with Crippen LogP contribution in [0.4, 0.5) is 0 Å². The van der Waals surface area contributed by atoms with E-state index in [9.17, 15) is 0 Å². The van der Waals surface area contributed by atoms with E-state index in [1.54, 1.807) is 28.4 Å². The van der Waals surface area contributed by atoms with Crippen LogP contribution in [0.15, 0.2) is 94.1 Å². The van der Waals surface area contributed by atoms with Gasteiger partial charge in [-0.1, -0.05) is 0 Å². The number of nitrogens with zero attached hydrogens (tertiary/aromatic N) is 2. The fourth-order valence-corrected chi connectivity index (χ4v) is 8.40. The van der Waals surface area contributed by atoms with Gasteiger partial charge in [0.1, 0.15) is 0 Å². The maximum atomic E-state index is 6.49. The van der Waals surface area contributed by atoms with E-state index in [0.717, 1.165) is 56.4 Å². The van der Waals surface area contributed by atoms with Crippen LogP contribution in [0.1, 0.15) is 31.4 Å². The number of allylic oxidation sites excluding steroid dienone is 3. The molecule has 0 N–H and O–H groups in total. The van der Waals surface area contributed by atoms with E-state index in [-0.39, 0.29) is 18.8 Å². The fourth-order valence-electron chi connectivity index (χ4n) is 6.24. The normalized spacial score (nSPS) is 27.9. The molecule has 1 aliphatic carbocycles. The van der Waals surface area contributed by atoms with Gasteiger partial charge in [0, 0.05) is 0 Å². The first-order valence-electron chi connectivity index (χ1n) is 15.4. The third kappa shape index (κ3) is 7.07. The van der Waals surface area contributed by atoms with E-state index < -0.39 is 11.1 Å². The molecule has 2 heterocycles. The van der Waals surface area contributed by atoms with Gasteiger partial charge in [-0.3, -0.25) is 0 Å². The van der Waals surface area contributed by atoms with Crippen molar-refractivity contribution in [1.82, 2.24) is 0 Å². The number of hydrogen-bond donors (Lipinski definition) is 0. The van der Waals surface area contributed by atoms with Crippen molar-refractivity contribution in [3.05, 3.63) is 95.3 Å². The molecule has 3 aliphatic rings. The van der Waals surface area contributed by atoms with Crippen molar-refractivity contribution >= 4 is 49.2 Å². The Morgan fingerprint density at radius 2 is 1.20 bits per heavy atom. The third-order valence-electron chi connectivity index (χ3n) is 8.83. The first-order chi connectivity index (χ1) is 23.4. The molecule has 0 spiro atoms. The van der Waals surface area contributed by atoms with E-state index >= 15 is 0 Å². The summed E-state index contributed by atoms with van der Waals surface area (Å²) in [7, 11) is 6.66. The second-order valence-corrected chi connectivity index (χ2v) is 15.9. The number of alkyl halides is 2. The van der Waals surface area contributed by atoms with Gasteiger partial charge in [-0.15, -0.1) is 0 Å². The average molecular weight is 977 g/mol. The Balaban J connectivity index is 1.31. The molecule has 0 saturated heterocycles. The van der Waals surface area contributed by atoms with E-state index in [1.807, 2.05) is 66.7 Å². The van der Waals surface area contributed by atoms with Crippen molar-refractivity contribution in [2.45, 2.75) is 50.2 Å². The number of halogens is 2. The molecule has 0 radical (unpaired) electrons. The van der Waals surface area contributed by atoms with Crippen molar-refractivity contribution in [2.75, 3.05) is 28.4 Å². The Bertz CT molecular complexity index is 1850. The third-order valence-corrected chi connectivity index (χ3v) is 13.8. The molecule has 264 valence electrons. The predicted octanol–water partition coefficient (Wildman–Crippen LogP) is 7.76. The number of methoxy groups -OCH3 is 4. The summed E-state index contributed by atoms with van der Waals surface area (Å²) in [5.74, 6) is 4.25. The van der Waals surface area contributed by atoms with Gasteiger partial charge >= 0.3 is 328 Å². The number of aliphatic imine (C=N–C) groups is 2. The first-order valence-corrected chi connectivity index (χ1v) is 19.1. The Morgan fingerprint density at radius 3 is 1.76 bits per heavy atom. The van der Waals surface area contributed by atoms with Crippen LogP contribution in [0.2, 0.25) is 0 Å².